The summed E-state index contributed by atoms with van der Waals surface area (Å²) in [5, 5.41) is 13.0. The zero-order valence-corrected chi connectivity index (χ0v) is 17.9. The summed E-state index contributed by atoms with van der Waals surface area (Å²) < 4.78 is 0. The molecule has 1 amide bonds. The fraction of sp³-hybridized carbons (Fsp3) is 0.650. The molecule has 0 aliphatic heterocycles. The van der Waals surface area contributed by atoms with Crippen LogP contribution in [0.1, 0.15) is 18.2 Å². The largest absolute Gasteiger partial charge is 0.390 e. The molecule has 1 unspecified atom stereocenters. The van der Waals surface area contributed by atoms with Crippen LogP contribution < -0.4 is 5.32 Å². The number of aliphatic hydroxyl groups excluding tert-OH is 1. The lowest BCUT2D eigenvalue weighted by Gasteiger charge is -2.23. The molecule has 0 saturated carbocycles. The summed E-state index contributed by atoms with van der Waals surface area (Å²) in [6, 6.07) is 3.81. The molecule has 8 nitrogen and oxygen atoms in total. The van der Waals surface area contributed by atoms with Gasteiger partial charge in [0.25, 0.3) is 0 Å². The molecule has 0 aromatic carbocycles. The summed E-state index contributed by atoms with van der Waals surface area (Å²) in [6.07, 6.45) is 3.00. The molecule has 2 N–H and O–H groups in total. The molecule has 0 bridgehead atoms. The maximum atomic E-state index is 12.3. The molecule has 0 spiro atoms. The normalized spacial score (nSPS) is 12.9. The highest BCUT2D eigenvalue weighted by molar-refractivity contribution is 5.79. The Morgan fingerprint density at radius 1 is 1.29 bits per heavy atom. The molecule has 0 aliphatic rings. The third-order valence-electron chi connectivity index (χ3n) is 4.11. The number of hydrogen-bond acceptors (Lipinski definition) is 7. The maximum Gasteiger partial charge on any atom is 0.236 e. The zero-order chi connectivity index (χ0) is 20.9. The lowest BCUT2D eigenvalue weighted by Crippen LogP contribution is -2.41. The molecule has 1 aromatic heterocycles. The van der Waals surface area contributed by atoms with Crippen LogP contribution in [0.25, 0.3) is 0 Å². The van der Waals surface area contributed by atoms with Gasteiger partial charge in [-0.1, -0.05) is 0 Å². The van der Waals surface area contributed by atoms with E-state index in [9.17, 15) is 9.90 Å². The van der Waals surface area contributed by atoms with Crippen LogP contribution in [0.2, 0.25) is 0 Å². The number of hydrogen-bond donors (Lipinski definition) is 2. The number of carbonyl (C=O) groups excluding carboxylic acids is 1. The first-order valence-corrected chi connectivity index (χ1v) is 9.72. The Labute approximate surface area is 169 Å². The van der Waals surface area contributed by atoms with E-state index in [-0.39, 0.29) is 12.5 Å². The second kappa shape index (κ2) is 13.3. The van der Waals surface area contributed by atoms with E-state index in [1.165, 1.54) is 0 Å². The highest BCUT2D eigenvalue weighted by Gasteiger charge is 2.11. The van der Waals surface area contributed by atoms with Gasteiger partial charge in [0, 0.05) is 45.1 Å². The minimum absolute atomic E-state index is 0.0944. The predicted octanol–water partition coefficient (Wildman–Crippen LogP) is -0.0773. The van der Waals surface area contributed by atoms with Crippen LogP contribution in [-0.2, 0) is 11.3 Å². The number of nitrogens with zero attached hydrogens (tertiary/aromatic N) is 5. The van der Waals surface area contributed by atoms with E-state index in [1.807, 2.05) is 57.0 Å². The molecule has 0 fully saturated rings. The maximum absolute atomic E-state index is 12.3. The first-order valence-electron chi connectivity index (χ1n) is 9.72. The Balaban J connectivity index is 2.44. The number of likely N-dealkylation sites (N-methyl/N-ethyl adjacent to an activating group) is 3. The van der Waals surface area contributed by atoms with Crippen LogP contribution in [0.4, 0.5) is 0 Å². The van der Waals surface area contributed by atoms with E-state index >= 15 is 0 Å². The van der Waals surface area contributed by atoms with Crippen LogP contribution in [-0.4, -0.2) is 110 Å². The SMILES string of the molecule is CCN(CCN(C)C)C(=O)CNCc1cc(/C=N/CC(O)CN(C)C)ccn1. The van der Waals surface area contributed by atoms with Gasteiger partial charge in [0.05, 0.1) is 24.9 Å². The average molecular weight is 393 g/mol. The molecule has 158 valence electrons. The number of aromatic nitrogens is 1. The van der Waals surface area contributed by atoms with Crippen LogP contribution >= 0.6 is 0 Å². The number of rotatable bonds is 13. The minimum atomic E-state index is -0.478. The van der Waals surface area contributed by atoms with Crippen molar-refractivity contribution in [3.8, 4) is 0 Å². The monoisotopic (exact) mass is 392 g/mol. The second-order valence-electron chi connectivity index (χ2n) is 7.37. The molecule has 0 radical (unpaired) electrons. The molecule has 1 aromatic rings. The summed E-state index contributed by atoms with van der Waals surface area (Å²) in [5.74, 6) is 0.0944. The summed E-state index contributed by atoms with van der Waals surface area (Å²) in [6.45, 7) is 6.04. The van der Waals surface area contributed by atoms with Crippen molar-refractivity contribution in [2.24, 2.45) is 4.99 Å². The lowest BCUT2D eigenvalue weighted by molar-refractivity contribution is -0.130. The number of aliphatic imine (C=N–C) groups is 1. The van der Waals surface area contributed by atoms with Gasteiger partial charge in [0.2, 0.25) is 5.91 Å². The number of amides is 1. The lowest BCUT2D eigenvalue weighted by atomic mass is 10.2. The fourth-order valence-electron chi connectivity index (χ4n) is 2.62. The van der Waals surface area contributed by atoms with E-state index < -0.39 is 6.10 Å². The summed E-state index contributed by atoms with van der Waals surface area (Å²) >= 11 is 0. The van der Waals surface area contributed by atoms with Crippen molar-refractivity contribution in [3.05, 3.63) is 29.6 Å². The van der Waals surface area contributed by atoms with Gasteiger partial charge in [0.15, 0.2) is 0 Å². The van der Waals surface area contributed by atoms with Gasteiger partial charge in [0.1, 0.15) is 0 Å². The Morgan fingerprint density at radius 3 is 2.68 bits per heavy atom. The number of pyridine rings is 1. The molecule has 0 aliphatic carbocycles. The minimum Gasteiger partial charge on any atom is -0.390 e. The highest BCUT2D eigenvalue weighted by Crippen LogP contribution is 2.00. The first kappa shape index (κ1) is 24.2. The molecule has 0 saturated heterocycles. The van der Waals surface area contributed by atoms with E-state index in [4.69, 9.17) is 0 Å². The van der Waals surface area contributed by atoms with Crippen LogP contribution in [0.5, 0.6) is 0 Å². The number of nitrogens with one attached hydrogen (secondary N) is 1. The van der Waals surface area contributed by atoms with Crippen molar-refractivity contribution in [1.82, 2.24) is 25.0 Å². The molecule has 1 atom stereocenters. The molecule has 28 heavy (non-hydrogen) atoms. The highest BCUT2D eigenvalue weighted by atomic mass is 16.3. The molecular formula is C20H36N6O2. The Bertz CT molecular complexity index is 606. The van der Waals surface area contributed by atoms with Gasteiger partial charge in [-0.2, -0.15) is 0 Å². The van der Waals surface area contributed by atoms with Gasteiger partial charge < -0.3 is 25.1 Å². The zero-order valence-electron chi connectivity index (χ0n) is 17.9. The summed E-state index contributed by atoms with van der Waals surface area (Å²) in [4.78, 5) is 26.8. The molecular weight excluding hydrogens is 356 g/mol. The van der Waals surface area contributed by atoms with Gasteiger partial charge in [-0.25, -0.2) is 0 Å². The van der Waals surface area contributed by atoms with Crippen molar-refractivity contribution in [2.45, 2.75) is 19.6 Å². The molecule has 1 rings (SSSR count). The van der Waals surface area contributed by atoms with Crippen molar-refractivity contribution in [1.29, 1.82) is 0 Å². The van der Waals surface area contributed by atoms with E-state index in [0.29, 0.717) is 26.2 Å². The van der Waals surface area contributed by atoms with Crippen LogP contribution in [0.3, 0.4) is 0 Å². The van der Waals surface area contributed by atoms with Crippen molar-refractivity contribution >= 4 is 12.1 Å². The molecule has 1 heterocycles. The standard InChI is InChI=1S/C20H36N6O2/c1-6-26(10-9-24(2)3)20(28)15-22-13-18-11-17(7-8-23-18)12-21-14-19(27)16-25(4)5/h7-8,11-12,19,22,27H,6,9-10,13-16H2,1-5H3/b21-12+. The molecule has 8 heteroatoms. The topological polar surface area (TPSA) is 84.3 Å². The third kappa shape index (κ3) is 10.5. The predicted molar refractivity (Wildman–Crippen MR) is 114 cm³/mol. The second-order valence-corrected chi connectivity index (χ2v) is 7.37. The number of carbonyl (C=O) groups is 1. The van der Waals surface area contributed by atoms with Crippen molar-refractivity contribution < 1.29 is 9.90 Å². The van der Waals surface area contributed by atoms with E-state index in [0.717, 1.165) is 24.3 Å². The van der Waals surface area contributed by atoms with Gasteiger partial charge in [-0.05, 0) is 52.8 Å². The van der Waals surface area contributed by atoms with E-state index in [2.05, 4.69) is 20.2 Å². The third-order valence-corrected chi connectivity index (χ3v) is 4.11. The Morgan fingerprint density at radius 2 is 2.04 bits per heavy atom. The van der Waals surface area contributed by atoms with Gasteiger partial charge in [-0.3, -0.25) is 14.8 Å². The first-order chi connectivity index (χ1) is 13.3. The average Bonchev–Trinajstić information content (AvgIpc) is 2.61. The van der Waals surface area contributed by atoms with Crippen LogP contribution in [0.15, 0.2) is 23.3 Å². The quantitative estimate of drug-likeness (QED) is 0.457. The van der Waals surface area contributed by atoms with Crippen molar-refractivity contribution in [2.75, 3.05) is 67.5 Å². The smallest absolute Gasteiger partial charge is 0.236 e. The number of aliphatic hydroxyl groups is 1. The van der Waals surface area contributed by atoms with Gasteiger partial charge in [-0.15, -0.1) is 0 Å². The van der Waals surface area contributed by atoms with Crippen LogP contribution in [0, 0.1) is 0 Å². The summed E-state index contributed by atoms with van der Waals surface area (Å²) in [7, 11) is 7.84. The Kier molecular flexibility index (Phi) is 11.5. The fourth-order valence-corrected chi connectivity index (χ4v) is 2.62. The van der Waals surface area contributed by atoms with Crippen molar-refractivity contribution in [3.63, 3.8) is 0 Å². The van der Waals surface area contributed by atoms with E-state index in [1.54, 1.807) is 12.4 Å². The summed E-state index contributed by atoms with van der Waals surface area (Å²) in [5.41, 5.74) is 1.78. The van der Waals surface area contributed by atoms with Gasteiger partial charge >= 0.3 is 0 Å². The Hall–Kier alpha value is -1.87.